The van der Waals surface area contributed by atoms with Crippen molar-refractivity contribution >= 4 is 23.2 Å². The molecule has 0 spiro atoms. The third-order valence-corrected chi connectivity index (χ3v) is 5.82. The molecule has 9 heteroatoms. The fourth-order valence-corrected chi connectivity index (χ4v) is 4.19. The van der Waals surface area contributed by atoms with Crippen LogP contribution in [0.4, 0.5) is 0 Å². The maximum absolute atomic E-state index is 13.0. The van der Waals surface area contributed by atoms with Gasteiger partial charge in [0.15, 0.2) is 6.61 Å². The van der Waals surface area contributed by atoms with Gasteiger partial charge < -0.3 is 20.3 Å². The van der Waals surface area contributed by atoms with Crippen LogP contribution in [0.5, 0.6) is 11.5 Å². The summed E-state index contributed by atoms with van der Waals surface area (Å²) < 4.78 is 12.4. The maximum atomic E-state index is 13.0. The Morgan fingerprint density at radius 3 is 2.33 bits per heavy atom. The van der Waals surface area contributed by atoms with Crippen LogP contribution in [0.1, 0.15) is 34.1 Å². The van der Waals surface area contributed by atoms with E-state index in [0.717, 1.165) is 11.1 Å². The van der Waals surface area contributed by atoms with Crippen LogP contribution in [0.3, 0.4) is 0 Å². The number of nitrogens with two attached hydrogens (primary N) is 1. The molecule has 3 N–H and O–H groups in total. The Kier molecular flexibility index (Phi) is 7.00. The van der Waals surface area contributed by atoms with Gasteiger partial charge in [-0.2, -0.15) is 5.10 Å². The summed E-state index contributed by atoms with van der Waals surface area (Å²) in [6.07, 6.45) is 0.824. The van der Waals surface area contributed by atoms with Crippen LogP contribution in [0.2, 0.25) is 0 Å². The molecule has 0 radical (unpaired) electrons. The van der Waals surface area contributed by atoms with Crippen LogP contribution in [-0.4, -0.2) is 46.1 Å². The van der Waals surface area contributed by atoms with Crippen LogP contribution in [0.15, 0.2) is 60.7 Å². The lowest BCUT2D eigenvalue weighted by atomic mass is 9.99. The minimum atomic E-state index is -1.19. The standard InChI is InChI=1S/C27H25N3O6/c1-3-19-21(13-16-7-5-4-6-8-16)30-25(24(19)26(33)27(28)34)22(36-15-23(31)32)14-20(29-30)17-9-11-18(35-2)12-10-17/h4-12,14H,3,13,15H2,1-2H3,(H2,28,34)(H,31,32). The summed E-state index contributed by atoms with van der Waals surface area (Å²) >= 11 is 0. The van der Waals surface area contributed by atoms with E-state index in [4.69, 9.17) is 20.3 Å². The van der Waals surface area contributed by atoms with Gasteiger partial charge in [-0.1, -0.05) is 37.3 Å². The molecular formula is C27H25N3O6. The fourth-order valence-electron chi connectivity index (χ4n) is 4.19. The van der Waals surface area contributed by atoms with Gasteiger partial charge >= 0.3 is 5.97 Å². The molecule has 0 saturated carbocycles. The predicted octanol–water partition coefficient (Wildman–Crippen LogP) is 3.29. The first kappa shape index (κ1) is 24.5. The molecule has 36 heavy (non-hydrogen) atoms. The van der Waals surface area contributed by atoms with Crippen molar-refractivity contribution in [2.24, 2.45) is 5.73 Å². The first-order valence-corrected chi connectivity index (χ1v) is 11.3. The van der Waals surface area contributed by atoms with Crippen molar-refractivity contribution in [3.63, 3.8) is 0 Å². The number of ketones is 1. The molecule has 0 aliphatic rings. The summed E-state index contributed by atoms with van der Waals surface area (Å²) in [6.45, 7) is 1.22. The molecule has 2 aromatic heterocycles. The molecule has 0 saturated heterocycles. The van der Waals surface area contributed by atoms with Gasteiger partial charge in [0.25, 0.3) is 11.7 Å². The van der Waals surface area contributed by atoms with E-state index in [-0.39, 0.29) is 16.8 Å². The molecule has 184 valence electrons. The van der Waals surface area contributed by atoms with Crippen molar-refractivity contribution < 1.29 is 29.0 Å². The van der Waals surface area contributed by atoms with Crippen LogP contribution >= 0.6 is 0 Å². The lowest BCUT2D eigenvalue weighted by molar-refractivity contribution is -0.139. The Morgan fingerprint density at radius 1 is 1.06 bits per heavy atom. The molecule has 4 aromatic rings. The van der Waals surface area contributed by atoms with Crippen molar-refractivity contribution in [3.8, 4) is 22.8 Å². The number of hydrogen-bond donors (Lipinski definition) is 2. The zero-order valence-electron chi connectivity index (χ0n) is 19.9. The van der Waals surface area contributed by atoms with Gasteiger partial charge in [-0.3, -0.25) is 9.59 Å². The van der Waals surface area contributed by atoms with Gasteiger partial charge in [0, 0.05) is 18.1 Å². The average molecular weight is 488 g/mol. The monoisotopic (exact) mass is 487 g/mol. The molecule has 1 amide bonds. The van der Waals surface area contributed by atoms with Gasteiger partial charge in [0.1, 0.15) is 17.0 Å². The van der Waals surface area contributed by atoms with E-state index in [1.54, 1.807) is 29.8 Å². The number of methoxy groups -OCH3 is 1. The third kappa shape index (κ3) is 4.76. The van der Waals surface area contributed by atoms with Gasteiger partial charge in [0.05, 0.1) is 24.1 Å². The maximum Gasteiger partial charge on any atom is 0.341 e. The summed E-state index contributed by atoms with van der Waals surface area (Å²) in [5.41, 5.74) is 9.13. The second-order valence-corrected chi connectivity index (χ2v) is 8.07. The van der Waals surface area contributed by atoms with E-state index in [2.05, 4.69) is 0 Å². The smallest absolute Gasteiger partial charge is 0.341 e. The normalized spacial score (nSPS) is 10.8. The van der Waals surface area contributed by atoms with Gasteiger partial charge in [-0.05, 0) is 41.8 Å². The lowest BCUT2D eigenvalue weighted by Gasteiger charge is -2.12. The largest absolute Gasteiger partial charge is 0.497 e. The number of aliphatic carboxylic acids is 1. The fraction of sp³-hybridized carbons (Fsp3) is 0.185. The molecule has 2 heterocycles. The Bertz CT molecular complexity index is 1440. The average Bonchev–Trinajstić information content (AvgIpc) is 3.20. The van der Waals surface area contributed by atoms with Crippen molar-refractivity contribution in [2.75, 3.05) is 13.7 Å². The second kappa shape index (κ2) is 10.3. The molecule has 9 nitrogen and oxygen atoms in total. The van der Waals surface area contributed by atoms with Crippen molar-refractivity contribution in [1.82, 2.24) is 9.61 Å². The number of amides is 1. The number of nitrogens with zero attached hydrogens (tertiary/aromatic N) is 2. The second-order valence-electron chi connectivity index (χ2n) is 8.07. The molecule has 0 bridgehead atoms. The number of fused-ring (bicyclic) bond motifs is 1. The first-order valence-electron chi connectivity index (χ1n) is 11.3. The summed E-state index contributed by atoms with van der Waals surface area (Å²) in [7, 11) is 1.57. The quantitative estimate of drug-likeness (QED) is 0.259. The van der Waals surface area contributed by atoms with E-state index < -0.39 is 24.3 Å². The lowest BCUT2D eigenvalue weighted by Crippen LogP contribution is -2.24. The number of ether oxygens (including phenoxy) is 2. The zero-order valence-corrected chi connectivity index (χ0v) is 19.9. The number of carboxylic acid groups (broad SMARTS) is 1. The van der Waals surface area contributed by atoms with Crippen molar-refractivity contribution in [3.05, 3.63) is 83.0 Å². The zero-order chi connectivity index (χ0) is 25.8. The number of carbonyl (C=O) groups is 3. The minimum Gasteiger partial charge on any atom is -0.497 e. The Labute approximate surface area is 207 Å². The summed E-state index contributed by atoms with van der Waals surface area (Å²) in [5, 5.41) is 14.1. The van der Waals surface area contributed by atoms with E-state index in [0.29, 0.717) is 35.5 Å². The van der Waals surface area contributed by atoms with Crippen LogP contribution in [-0.2, 0) is 22.4 Å². The van der Waals surface area contributed by atoms with Gasteiger partial charge in [-0.25, -0.2) is 9.31 Å². The summed E-state index contributed by atoms with van der Waals surface area (Å²) in [6, 6.07) is 18.3. The number of carbonyl (C=O) groups excluding carboxylic acids is 2. The molecule has 0 aliphatic heterocycles. The van der Waals surface area contributed by atoms with Crippen LogP contribution in [0, 0.1) is 0 Å². The Balaban J connectivity index is 2.05. The van der Waals surface area contributed by atoms with E-state index >= 15 is 0 Å². The highest BCUT2D eigenvalue weighted by atomic mass is 16.5. The minimum absolute atomic E-state index is 0.0742. The molecule has 0 fully saturated rings. The number of primary amides is 1. The van der Waals surface area contributed by atoms with Gasteiger partial charge in [0.2, 0.25) is 0 Å². The molecule has 4 rings (SSSR count). The number of aromatic nitrogens is 2. The van der Waals surface area contributed by atoms with Crippen molar-refractivity contribution in [1.29, 1.82) is 0 Å². The molecule has 0 atom stereocenters. The predicted molar refractivity (Wildman–Crippen MR) is 132 cm³/mol. The topological polar surface area (TPSA) is 133 Å². The van der Waals surface area contributed by atoms with E-state index in [1.165, 1.54) is 0 Å². The number of carboxylic acids is 1. The van der Waals surface area contributed by atoms with Crippen LogP contribution < -0.4 is 15.2 Å². The first-order chi connectivity index (χ1) is 17.3. The SMILES string of the molecule is CCc1c(C(=O)C(N)=O)c2c(OCC(=O)O)cc(-c3ccc(OC)cc3)nn2c1Cc1ccccc1. The number of benzene rings is 2. The summed E-state index contributed by atoms with van der Waals surface area (Å²) in [4.78, 5) is 36.3. The summed E-state index contributed by atoms with van der Waals surface area (Å²) in [5.74, 6) is -2.42. The molecule has 0 unspecified atom stereocenters. The number of rotatable bonds is 10. The van der Waals surface area contributed by atoms with Crippen molar-refractivity contribution in [2.45, 2.75) is 19.8 Å². The van der Waals surface area contributed by atoms with Crippen LogP contribution in [0.25, 0.3) is 16.8 Å². The highest BCUT2D eigenvalue weighted by Gasteiger charge is 2.29. The van der Waals surface area contributed by atoms with E-state index in [9.17, 15) is 19.5 Å². The molecule has 2 aromatic carbocycles. The number of hydrogen-bond acceptors (Lipinski definition) is 6. The van der Waals surface area contributed by atoms with E-state index in [1.807, 2.05) is 49.4 Å². The highest BCUT2D eigenvalue weighted by Crippen LogP contribution is 2.35. The third-order valence-electron chi connectivity index (χ3n) is 5.82. The number of Topliss-reactive ketones (excluding diaryl/α,β-unsaturated/α-hetero) is 1. The Morgan fingerprint density at radius 2 is 1.75 bits per heavy atom. The van der Waals surface area contributed by atoms with Gasteiger partial charge in [-0.15, -0.1) is 0 Å². The Hall–Kier alpha value is -4.66. The molecular weight excluding hydrogens is 462 g/mol. The molecule has 0 aliphatic carbocycles. The highest BCUT2D eigenvalue weighted by molar-refractivity contribution is 6.44.